The van der Waals surface area contributed by atoms with Crippen LogP contribution < -0.4 is 4.74 Å². The minimum atomic E-state index is 0.0677. The van der Waals surface area contributed by atoms with Crippen molar-refractivity contribution >= 4 is 5.91 Å². The third kappa shape index (κ3) is 4.88. The molecule has 0 aliphatic carbocycles. The first kappa shape index (κ1) is 18.1. The maximum atomic E-state index is 12.8. The molecule has 0 aliphatic rings. The molecule has 1 amide bonds. The number of rotatable bonds is 9. The van der Waals surface area contributed by atoms with Crippen LogP contribution in [0.1, 0.15) is 49.2 Å². The highest BCUT2D eigenvalue weighted by atomic mass is 16.5. The molecule has 2 aromatic rings. The zero-order valence-electron chi connectivity index (χ0n) is 15.0. The van der Waals surface area contributed by atoms with Crippen LogP contribution in [0, 0.1) is 0 Å². The highest BCUT2D eigenvalue weighted by Gasteiger charge is 2.16. The summed E-state index contributed by atoms with van der Waals surface area (Å²) in [6.45, 7) is 6.33. The number of aromatic nitrogens is 1. The summed E-state index contributed by atoms with van der Waals surface area (Å²) >= 11 is 0. The Labute approximate surface area is 145 Å². The van der Waals surface area contributed by atoms with Crippen LogP contribution in [0.15, 0.2) is 42.6 Å². The van der Waals surface area contributed by atoms with Gasteiger partial charge in [-0.05, 0) is 49.2 Å². The van der Waals surface area contributed by atoms with E-state index in [-0.39, 0.29) is 5.91 Å². The van der Waals surface area contributed by atoms with E-state index < -0.39 is 0 Å². The normalized spacial score (nSPS) is 10.6. The monoisotopic (exact) mass is 328 g/mol. The minimum Gasteiger partial charge on any atom is -0.494 e. The molecule has 0 spiro atoms. The lowest BCUT2D eigenvalue weighted by molar-refractivity contribution is 0.0740. The fraction of sp³-hybridized carbons (Fsp3) is 0.450. The quantitative estimate of drug-likeness (QED) is 0.645. The molecule has 0 saturated carbocycles. The summed E-state index contributed by atoms with van der Waals surface area (Å²) in [5.41, 5.74) is 1.84. The molecule has 0 saturated heterocycles. The maximum Gasteiger partial charge on any atom is 0.254 e. The van der Waals surface area contributed by atoms with Crippen LogP contribution in [0.5, 0.6) is 5.75 Å². The predicted molar refractivity (Wildman–Crippen MR) is 97.3 cm³/mol. The van der Waals surface area contributed by atoms with Crippen molar-refractivity contribution in [3.63, 3.8) is 0 Å². The Hall–Kier alpha value is -2.23. The molecule has 0 N–H and O–H groups in total. The molecule has 1 aromatic heterocycles. The highest BCUT2D eigenvalue weighted by molar-refractivity contribution is 5.94. The van der Waals surface area contributed by atoms with Crippen LogP contribution >= 0.6 is 0 Å². The van der Waals surface area contributed by atoms with E-state index in [1.54, 1.807) is 0 Å². The van der Waals surface area contributed by atoms with Gasteiger partial charge in [-0.2, -0.15) is 0 Å². The largest absolute Gasteiger partial charge is 0.494 e. The lowest BCUT2D eigenvalue weighted by Gasteiger charge is -2.22. The van der Waals surface area contributed by atoms with Gasteiger partial charge in [0.2, 0.25) is 0 Å². The van der Waals surface area contributed by atoms with Crippen molar-refractivity contribution in [2.75, 3.05) is 13.2 Å². The number of carbonyl (C=O) groups excluding carboxylic acids is 1. The summed E-state index contributed by atoms with van der Waals surface area (Å²) in [5, 5.41) is 0. The Morgan fingerprint density at radius 1 is 1.12 bits per heavy atom. The second-order valence-corrected chi connectivity index (χ2v) is 6.06. The summed E-state index contributed by atoms with van der Waals surface area (Å²) in [7, 11) is 2.01. The van der Waals surface area contributed by atoms with Crippen LogP contribution in [-0.2, 0) is 13.6 Å². The van der Waals surface area contributed by atoms with E-state index in [0.717, 1.165) is 43.9 Å². The van der Waals surface area contributed by atoms with E-state index in [1.165, 1.54) is 0 Å². The first-order valence-corrected chi connectivity index (χ1v) is 8.78. The number of unbranched alkanes of at least 4 members (excludes halogenated alkanes) is 1. The number of amides is 1. The number of aryl methyl sites for hydroxylation is 1. The molecule has 4 nitrogen and oxygen atoms in total. The van der Waals surface area contributed by atoms with Crippen molar-refractivity contribution < 1.29 is 9.53 Å². The topological polar surface area (TPSA) is 34.5 Å². The van der Waals surface area contributed by atoms with Gasteiger partial charge in [-0.25, -0.2) is 0 Å². The zero-order valence-corrected chi connectivity index (χ0v) is 15.0. The molecule has 130 valence electrons. The molecule has 0 unspecified atom stereocenters. The highest BCUT2D eigenvalue weighted by Crippen LogP contribution is 2.16. The van der Waals surface area contributed by atoms with Crippen LogP contribution in [0.3, 0.4) is 0 Å². The van der Waals surface area contributed by atoms with Crippen molar-refractivity contribution in [2.45, 2.75) is 39.7 Å². The number of carbonyl (C=O) groups is 1. The second kappa shape index (κ2) is 9.16. The molecule has 0 fully saturated rings. The molecule has 4 heteroatoms. The minimum absolute atomic E-state index is 0.0677. The van der Waals surface area contributed by atoms with Crippen LogP contribution in [0.4, 0.5) is 0 Å². The van der Waals surface area contributed by atoms with Gasteiger partial charge in [0.05, 0.1) is 13.2 Å². The van der Waals surface area contributed by atoms with Crippen molar-refractivity contribution in [3.8, 4) is 5.75 Å². The summed E-state index contributed by atoms with van der Waals surface area (Å²) < 4.78 is 7.72. The smallest absolute Gasteiger partial charge is 0.254 e. The molecule has 1 aromatic carbocycles. The SMILES string of the molecule is CCCCOc1ccc(C(=O)N(CCC)Cc2cccn2C)cc1. The Bertz CT molecular complexity index is 631. The van der Waals surface area contributed by atoms with Gasteiger partial charge in [0.25, 0.3) is 5.91 Å². The molecule has 1 heterocycles. The van der Waals surface area contributed by atoms with E-state index >= 15 is 0 Å². The third-order valence-electron chi connectivity index (χ3n) is 4.05. The molecular weight excluding hydrogens is 300 g/mol. The molecular formula is C20H28N2O2. The standard InChI is InChI=1S/C20H28N2O2/c1-4-6-15-24-19-11-9-17(10-12-19)20(23)22(13-5-2)16-18-8-7-14-21(18)3/h7-12,14H,4-6,13,15-16H2,1-3H3. The Morgan fingerprint density at radius 3 is 2.46 bits per heavy atom. The summed E-state index contributed by atoms with van der Waals surface area (Å²) in [6.07, 6.45) is 5.10. The molecule has 24 heavy (non-hydrogen) atoms. The van der Waals surface area contributed by atoms with Crippen LogP contribution in [0.2, 0.25) is 0 Å². The van der Waals surface area contributed by atoms with Gasteiger partial charge in [-0.15, -0.1) is 0 Å². The fourth-order valence-electron chi connectivity index (χ4n) is 2.59. The van der Waals surface area contributed by atoms with Crippen molar-refractivity contribution in [1.82, 2.24) is 9.47 Å². The van der Waals surface area contributed by atoms with Crippen molar-refractivity contribution in [3.05, 3.63) is 53.9 Å². The third-order valence-corrected chi connectivity index (χ3v) is 4.05. The first-order valence-electron chi connectivity index (χ1n) is 8.78. The second-order valence-electron chi connectivity index (χ2n) is 6.06. The van der Waals surface area contributed by atoms with Gasteiger partial charge in [-0.3, -0.25) is 4.79 Å². The lowest BCUT2D eigenvalue weighted by Crippen LogP contribution is -2.32. The van der Waals surface area contributed by atoms with Crippen LogP contribution in [-0.4, -0.2) is 28.5 Å². The molecule has 0 radical (unpaired) electrons. The van der Waals surface area contributed by atoms with Crippen molar-refractivity contribution in [1.29, 1.82) is 0 Å². The molecule has 2 rings (SSSR count). The lowest BCUT2D eigenvalue weighted by atomic mass is 10.1. The Kier molecular flexibility index (Phi) is 6.91. The van der Waals surface area contributed by atoms with Gasteiger partial charge in [0.1, 0.15) is 5.75 Å². The number of hydrogen-bond acceptors (Lipinski definition) is 2. The summed E-state index contributed by atoms with van der Waals surface area (Å²) in [5.74, 6) is 0.891. The average molecular weight is 328 g/mol. The number of benzene rings is 1. The fourth-order valence-corrected chi connectivity index (χ4v) is 2.59. The number of ether oxygens (including phenoxy) is 1. The first-order chi connectivity index (χ1) is 11.7. The van der Waals surface area contributed by atoms with Crippen LogP contribution in [0.25, 0.3) is 0 Å². The van der Waals surface area contributed by atoms with E-state index in [0.29, 0.717) is 12.1 Å². The van der Waals surface area contributed by atoms with Crippen molar-refractivity contribution in [2.24, 2.45) is 7.05 Å². The Morgan fingerprint density at radius 2 is 1.88 bits per heavy atom. The molecule has 0 aliphatic heterocycles. The average Bonchev–Trinajstić information content (AvgIpc) is 3.00. The van der Waals surface area contributed by atoms with E-state index in [1.807, 2.05) is 48.5 Å². The van der Waals surface area contributed by atoms with Gasteiger partial charge in [0, 0.05) is 31.0 Å². The zero-order chi connectivity index (χ0) is 17.4. The number of nitrogens with zero attached hydrogens (tertiary/aromatic N) is 2. The summed E-state index contributed by atoms with van der Waals surface area (Å²) in [4.78, 5) is 14.7. The van der Waals surface area contributed by atoms with E-state index in [9.17, 15) is 4.79 Å². The number of hydrogen-bond donors (Lipinski definition) is 0. The van der Waals surface area contributed by atoms with Gasteiger partial charge >= 0.3 is 0 Å². The predicted octanol–water partition coefficient (Wildman–Crippen LogP) is 4.26. The summed E-state index contributed by atoms with van der Waals surface area (Å²) in [6, 6.07) is 11.5. The molecule has 0 atom stereocenters. The maximum absolute atomic E-state index is 12.8. The van der Waals surface area contributed by atoms with Gasteiger partial charge in [0.15, 0.2) is 0 Å². The molecule has 0 bridgehead atoms. The van der Waals surface area contributed by atoms with E-state index in [2.05, 4.69) is 24.5 Å². The van der Waals surface area contributed by atoms with Gasteiger partial charge in [-0.1, -0.05) is 20.3 Å². The Balaban J connectivity index is 2.04. The van der Waals surface area contributed by atoms with E-state index in [4.69, 9.17) is 4.74 Å². The van der Waals surface area contributed by atoms with Gasteiger partial charge < -0.3 is 14.2 Å².